The van der Waals surface area contributed by atoms with Crippen LogP contribution >= 0.6 is 0 Å². The van der Waals surface area contributed by atoms with Gasteiger partial charge in [0.1, 0.15) is 5.75 Å². The lowest BCUT2D eigenvalue weighted by atomic mass is 10.0. The standard InChI is InChI=1S/C18H20N2O/c1-13-10-15(11-19)8-9-16(13)12-20-14(2)17-6-4-5-7-18(17)21-3/h4-10,14,20H,12H2,1-3H3/t14-/m0/s1. The van der Waals surface area contributed by atoms with Crippen LogP contribution in [0.15, 0.2) is 42.5 Å². The molecule has 0 bridgehead atoms. The zero-order chi connectivity index (χ0) is 15.2. The van der Waals surface area contributed by atoms with Crippen LogP contribution in [0.5, 0.6) is 5.75 Å². The molecule has 2 rings (SSSR count). The summed E-state index contributed by atoms with van der Waals surface area (Å²) in [7, 11) is 1.69. The first-order valence-corrected chi connectivity index (χ1v) is 7.01. The Labute approximate surface area is 126 Å². The molecule has 0 aromatic heterocycles. The number of para-hydroxylation sites is 1. The van der Waals surface area contributed by atoms with E-state index in [2.05, 4.69) is 24.4 Å². The van der Waals surface area contributed by atoms with Crippen LogP contribution in [0, 0.1) is 18.3 Å². The zero-order valence-electron chi connectivity index (χ0n) is 12.7. The molecule has 2 aromatic carbocycles. The molecule has 21 heavy (non-hydrogen) atoms. The highest BCUT2D eigenvalue weighted by Crippen LogP contribution is 2.24. The van der Waals surface area contributed by atoms with E-state index in [9.17, 15) is 0 Å². The third-order valence-corrected chi connectivity index (χ3v) is 3.68. The fourth-order valence-electron chi connectivity index (χ4n) is 2.36. The van der Waals surface area contributed by atoms with Gasteiger partial charge in [0, 0.05) is 18.2 Å². The summed E-state index contributed by atoms with van der Waals surface area (Å²) in [5.74, 6) is 0.897. The van der Waals surface area contributed by atoms with Crippen molar-refractivity contribution >= 4 is 0 Å². The van der Waals surface area contributed by atoms with Crippen LogP contribution in [0.1, 0.15) is 35.2 Å². The van der Waals surface area contributed by atoms with Gasteiger partial charge in [-0.05, 0) is 43.2 Å². The number of rotatable bonds is 5. The highest BCUT2D eigenvalue weighted by Gasteiger charge is 2.10. The minimum absolute atomic E-state index is 0.191. The van der Waals surface area contributed by atoms with E-state index in [0.29, 0.717) is 5.56 Å². The summed E-state index contributed by atoms with van der Waals surface area (Å²) in [6, 6.07) is 16.2. The van der Waals surface area contributed by atoms with E-state index in [1.165, 1.54) is 5.56 Å². The van der Waals surface area contributed by atoms with Crippen molar-refractivity contribution in [2.24, 2.45) is 0 Å². The number of benzene rings is 2. The minimum atomic E-state index is 0.191. The molecular formula is C18H20N2O. The van der Waals surface area contributed by atoms with Gasteiger partial charge in [0.15, 0.2) is 0 Å². The second-order valence-corrected chi connectivity index (χ2v) is 5.10. The summed E-state index contributed by atoms with van der Waals surface area (Å²) in [5, 5.41) is 12.4. The van der Waals surface area contributed by atoms with Crippen LogP contribution in [-0.4, -0.2) is 7.11 Å². The van der Waals surface area contributed by atoms with Gasteiger partial charge in [0.2, 0.25) is 0 Å². The first kappa shape index (κ1) is 15.1. The molecule has 0 saturated heterocycles. The Bertz CT molecular complexity index is 659. The molecule has 108 valence electrons. The quantitative estimate of drug-likeness (QED) is 0.907. The Balaban J connectivity index is 2.08. The van der Waals surface area contributed by atoms with Crippen LogP contribution < -0.4 is 10.1 Å². The van der Waals surface area contributed by atoms with Crippen molar-refractivity contribution < 1.29 is 4.74 Å². The lowest BCUT2D eigenvalue weighted by Crippen LogP contribution is -2.19. The normalized spacial score (nSPS) is 11.7. The van der Waals surface area contributed by atoms with E-state index in [0.717, 1.165) is 23.4 Å². The number of hydrogen-bond acceptors (Lipinski definition) is 3. The van der Waals surface area contributed by atoms with Gasteiger partial charge in [0.25, 0.3) is 0 Å². The average molecular weight is 280 g/mol. The SMILES string of the molecule is COc1ccccc1[C@H](C)NCc1ccc(C#N)cc1C. The molecule has 0 amide bonds. The summed E-state index contributed by atoms with van der Waals surface area (Å²) in [6.45, 7) is 4.92. The van der Waals surface area contributed by atoms with Crippen LogP contribution in [0.2, 0.25) is 0 Å². The number of nitrogens with one attached hydrogen (secondary N) is 1. The maximum Gasteiger partial charge on any atom is 0.123 e. The fraction of sp³-hybridized carbons (Fsp3) is 0.278. The van der Waals surface area contributed by atoms with Gasteiger partial charge in [-0.2, -0.15) is 5.26 Å². The number of methoxy groups -OCH3 is 1. The van der Waals surface area contributed by atoms with Gasteiger partial charge in [0.05, 0.1) is 18.7 Å². The van der Waals surface area contributed by atoms with E-state index in [1.54, 1.807) is 7.11 Å². The second-order valence-electron chi connectivity index (χ2n) is 5.10. The van der Waals surface area contributed by atoms with E-state index >= 15 is 0 Å². The van der Waals surface area contributed by atoms with Gasteiger partial charge in [-0.15, -0.1) is 0 Å². The highest BCUT2D eigenvalue weighted by molar-refractivity contribution is 5.38. The van der Waals surface area contributed by atoms with Crippen LogP contribution in [0.25, 0.3) is 0 Å². The summed E-state index contributed by atoms with van der Waals surface area (Å²) in [6.07, 6.45) is 0. The first-order chi connectivity index (χ1) is 10.2. The van der Waals surface area contributed by atoms with Gasteiger partial charge in [-0.25, -0.2) is 0 Å². The van der Waals surface area contributed by atoms with Crippen molar-refractivity contribution in [2.45, 2.75) is 26.4 Å². The van der Waals surface area contributed by atoms with Crippen molar-refractivity contribution in [3.05, 3.63) is 64.7 Å². The molecule has 0 aliphatic carbocycles. The molecule has 0 saturated carbocycles. The van der Waals surface area contributed by atoms with Gasteiger partial charge >= 0.3 is 0 Å². The predicted octanol–water partition coefficient (Wildman–Crippen LogP) is 3.73. The Hall–Kier alpha value is -2.31. The number of nitriles is 1. The Kier molecular flexibility index (Phi) is 4.97. The summed E-state index contributed by atoms with van der Waals surface area (Å²) >= 11 is 0. The first-order valence-electron chi connectivity index (χ1n) is 7.01. The zero-order valence-corrected chi connectivity index (χ0v) is 12.7. The maximum atomic E-state index is 8.90. The number of aryl methyl sites for hydroxylation is 1. The number of hydrogen-bond donors (Lipinski definition) is 1. The topological polar surface area (TPSA) is 45.0 Å². The van der Waals surface area contributed by atoms with Crippen molar-refractivity contribution in [1.82, 2.24) is 5.32 Å². The maximum absolute atomic E-state index is 8.90. The molecule has 0 heterocycles. The van der Waals surface area contributed by atoms with E-state index in [4.69, 9.17) is 10.00 Å². The van der Waals surface area contributed by atoms with Gasteiger partial charge in [-0.3, -0.25) is 0 Å². The molecule has 0 aliphatic rings. The molecule has 0 radical (unpaired) electrons. The van der Waals surface area contributed by atoms with Crippen molar-refractivity contribution in [1.29, 1.82) is 5.26 Å². The lowest BCUT2D eigenvalue weighted by Gasteiger charge is -2.18. The fourth-order valence-corrected chi connectivity index (χ4v) is 2.36. The smallest absolute Gasteiger partial charge is 0.123 e. The molecule has 2 aromatic rings. The third-order valence-electron chi connectivity index (χ3n) is 3.68. The molecular weight excluding hydrogens is 260 g/mol. The van der Waals surface area contributed by atoms with E-state index in [1.807, 2.05) is 43.3 Å². The molecule has 0 spiro atoms. The van der Waals surface area contributed by atoms with Crippen LogP contribution in [-0.2, 0) is 6.54 Å². The van der Waals surface area contributed by atoms with Gasteiger partial charge in [-0.1, -0.05) is 24.3 Å². The molecule has 1 N–H and O–H groups in total. The molecule has 3 nitrogen and oxygen atoms in total. The molecule has 0 aliphatic heterocycles. The summed E-state index contributed by atoms with van der Waals surface area (Å²) < 4.78 is 5.40. The predicted molar refractivity (Wildman–Crippen MR) is 84.1 cm³/mol. The van der Waals surface area contributed by atoms with Crippen LogP contribution in [0.3, 0.4) is 0 Å². The lowest BCUT2D eigenvalue weighted by molar-refractivity contribution is 0.401. The second kappa shape index (κ2) is 6.92. The Morgan fingerprint density at radius 1 is 1.24 bits per heavy atom. The van der Waals surface area contributed by atoms with Crippen LogP contribution in [0.4, 0.5) is 0 Å². The summed E-state index contributed by atoms with van der Waals surface area (Å²) in [5.41, 5.74) is 4.19. The number of ether oxygens (including phenoxy) is 1. The number of nitrogens with zero attached hydrogens (tertiary/aromatic N) is 1. The molecule has 0 fully saturated rings. The van der Waals surface area contributed by atoms with Gasteiger partial charge < -0.3 is 10.1 Å². The monoisotopic (exact) mass is 280 g/mol. The third kappa shape index (κ3) is 3.62. The highest BCUT2D eigenvalue weighted by atomic mass is 16.5. The largest absolute Gasteiger partial charge is 0.496 e. The van der Waals surface area contributed by atoms with Crippen molar-refractivity contribution in [3.8, 4) is 11.8 Å². The Morgan fingerprint density at radius 2 is 2.00 bits per heavy atom. The molecule has 3 heteroatoms. The Morgan fingerprint density at radius 3 is 2.67 bits per heavy atom. The molecule has 1 atom stereocenters. The van der Waals surface area contributed by atoms with Crippen molar-refractivity contribution in [2.75, 3.05) is 7.11 Å². The van der Waals surface area contributed by atoms with E-state index < -0.39 is 0 Å². The molecule has 0 unspecified atom stereocenters. The van der Waals surface area contributed by atoms with E-state index in [-0.39, 0.29) is 6.04 Å². The average Bonchev–Trinajstić information content (AvgIpc) is 2.53. The summed E-state index contributed by atoms with van der Waals surface area (Å²) in [4.78, 5) is 0. The minimum Gasteiger partial charge on any atom is -0.496 e. The van der Waals surface area contributed by atoms with Crippen molar-refractivity contribution in [3.63, 3.8) is 0 Å².